The second-order valence-corrected chi connectivity index (χ2v) is 4.69. The van der Waals surface area contributed by atoms with Crippen molar-refractivity contribution in [1.29, 1.82) is 0 Å². The first kappa shape index (κ1) is 13.2. The summed E-state index contributed by atoms with van der Waals surface area (Å²) in [5.41, 5.74) is 6.53. The maximum atomic E-state index is 6.14. The molecule has 0 aliphatic rings. The molecule has 0 aromatic heterocycles. The number of hydrogen-bond acceptors (Lipinski definition) is 2. The molecular formula is C14H13Cl2NO. The maximum Gasteiger partial charge on any atom is 0.128 e. The van der Waals surface area contributed by atoms with E-state index in [1.165, 1.54) is 0 Å². The SMILES string of the molecule is NCCc1ccc(Oc2ccc(Cl)cc2)cc1Cl. The van der Waals surface area contributed by atoms with Crippen LogP contribution in [-0.2, 0) is 6.42 Å². The van der Waals surface area contributed by atoms with E-state index in [0.717, 1.165) is 17.7 Å². The summed E-state index contributed by atoms with van der Waals surface area (Å²) in [5, 5.41) is 1.35. The summed E-state index contributed by atoms with van der Waals surface area (Å²) in [7, 11) is 0. The zero-order valence-electron chi connectivity index (χ0n) is 9.70. The Labute approximate surface area is 116 Å². The van der Waals surface area contributed by atoms with Gasteiger partial charge in [-0.15, -0.1) is 0 Å². The van der Waals surface area contributed by atoms with Gasteiger partial charge in [-0.2, -0.15) is 0 Å². The molecule has 2 N–H and O–H groups in total. The van der Waals surface area contributed by atoms with Crippen LogP contribution >= 0.6 is 23.2 Å². The van der Waals surface area contributed by atoms with Crippen molar-refractivity contribution < 1.29 is 4.74 Å². The van der Waals surface area contributed by atoms with Gasteiger partial charge in [-0.3, -0.25) is 0 Å². The van der Waals surface area contributed by atoms with Crippen molar-refractivity contribution in [2.45, 2.75) is 6.42 Å². The summed E-state index contributed by atoms with van der Waals surface area (Å²) in [6.07, 6.45) is 0.764. The topological polar surface area (TPSA) is 35.2 Å². The normalized spacial score (nSPS) is 10.4. The molecule has 2 aromatic carbocycles. The molecule has 0 saturated carbocycles. The summed E-state index contributed by atoms with van der Waals surface area (Å²) < 4.78 is 5.67. The molecule has 2 rings (SSSR count). The maximum absolute atomic E-state index is 6.14. The van der Waals surface area contributed by atoms with Gasteiger partial charge in [-0.05, 0) is 54.9 Å². The lowest BCUT2D eigenvalue weighted by Crippen LogP contribution is -2.03. The minimum atomic E-state index is 0.580. The fourth-order valence-electron chi connectivity index (χ4n) is 1.59. The van der Waals surface area contributed by atoms with Crippen LogP contribution in [-0.4, -0.2) is 6.54 Å². The Morgan fingerprint density at radius 3 is 2.22 bits per heavy atom. The number of rotatable bonds is 4. The second-order valence-electron chi connectivity index (χ2n) is 3.85. The molecule has 0 aliphatic heterocycles. The van der Waals surface area contributed by atoms with Gasteiger partial charge < -0.3 is 10.5 Å². The van der Waals surface area contributed by atoms with E-state index in [9.17, 15) is 0 Å². The van der Waals surface area contributed by atoms with Gasteiger partial charge in [0.1, 0.15) is 11.5 Å². The third-order valence-corrected chi connectivity index (χ3v) is 3.09. The molecular weight excluding hydrogens is 269 g/mol. The highest BCUT2D eigenvalue weighted by molar-refractivity contribution is 6.31. The van der Waals surface area contributed by atoms with Crippen molar-refractivity contribution in [3.05, 3.63) is 58.1 Å². The zero-order chi connectivity index (χ0) is 13.0. The molecule has 4 heteroatoms. The van der Waals surface area contributed by atoms with Crippen LogP contribution in [0.25, 0.3) is 0 Å². The van der Waals surface area contributed by atoms with Crippen LogP contribution in [0.1, 0.15) is 5.56 Å². The van der Waals surface area contributed by atoms with E-state index in [4.69, 9.17) is 33.7 Å². The number of benzene rings is 2. The van der Waals surface area contributed by atoms with Gasteiger partial charge in [0.15, 0.2) is 0 Å². The summed E-state index contributed by atoms with van der Waals surface area (Å²) in [4.78, 5) is 0. The van der Waals surface area contributed by atoms with Gasteiger partial charge >= 0.3 is 0 Å². The fraction of sp³-hybridized carbons (Fsp3) is 0.143. The van der Waals surface area contributed by atoms with E-state index in [2.05, 4.69) is 0 Å². The molecule has 0 amide bonds. The van der Waals surface area contributed by atoms with Gasteiger partial charge in [0, 0.05) is 10.0 Å². The molecule has 18 heavy (non-hydrogen) atoms. The molecule has 2 aromatic rings. The largest absolute Gasteiger partial charge is 0.457 e. The van der Waals surface area contributed by atoms with Crippen LogP contribution in [0.4, 0.5) is 0 Å². The summed E-state index contributed by atoms with van der Waals surface area (Å²) >= 11 is 11.9. The number of halogens is 2. The molecule has 0 unspecified atom stereocenters. The van der Waals surface area contributed by atoms with Crippen molar-refractivity contribution in [3.8, 4) is 11.5 Å². The van der Waals surface area contributed by atoms with E-state index in [0.29, 0.717) is 22.3 Å². The number of ether oxygens (including phenoxy) is 1. The number of nitrogens with two attached hydrogens (primary N) is 1. The van der Waals surface area contributed by atoms with E-state index in [1.54, 1.807) is 18.2 Å². The van der Waals surface area contributed by atoms with Gasteiger partial charge in [-0.1, -0.05) is 29.3 Å². The minimum Gasteiger partial charge on any atom is -0.457 e. The zero-order valence-corrected chi connectivity index (χ0v) is 11.2. The number of hydrogen-bond donors (Lipinski definition) is 1. The van der Waals surface area contributed by atoms with Crippen LogP contribution in [0.2, 0.25) is 10.0 Å². The second kappa shape index (κ2) is 6.10. The first-order valence-electron chi connectivity index (χ1n) is 5.61. The fourth-order valence-corrected chi connectivity index (χ4v) is 1.98. The highest BCUT2D eigenvalue weighted by Gasteiger charge is 2.03. The predicted molar refractivity (Wildman–Crippen MR) is 75.7 cm³/mol. The molecule has 94 valence electrons. The Kier molecular flexibility index (Phi) is 4.48. The molecule has 0 saturated heterocycles. The smallest absolute Gasteiger partial charge is 0.128 e. The first-order valence-corrected chi connectivity index (χ1v) is 6.36. The molecule has 2 nitrogen and oxygen atoms in total. The average molecular weight is 282 g/mol. The summed E-state index contributed by atoms with van der Waals surface area (Å²) in [5.74, 6) is 1.42. The highest BCUT2D eigenvalue weighted by Crippen LogP contribution is 2.27. The molecule has 0 bridgehead atoms. The summed E-state index contributed by atoms with van der Waals surface area (Å²) in [6, 6.07) is 12.8. The lowest BCUT2D eigenvalue weighted by molar-refractivity contribution is 0.482. The van der Waals surface area contributed by atoms with Gasteiger partial charge in [0.05, 0.1) is 0 Å². The monoisotopic (exact) mass is 281 g/mol. The average Bonchev–Trinajstić information content (AvgIpc) is 2.36. The van der Waals surface area contributed by atoms with Crippen molar-refractivity contribution in [2.75, 3.05) is 6.54 Å². The summed E-state index contributed by atoms with van der Waals surface area (Å²) in [6.45, 7) is 0.580. The molecule has 0 aliphatic carbocycles. The lowest BCUT2D eigenvalue weighted by atomic mass is 10.1. The van der Waals surface area contributed by atoms with Crippen LogP contribution in [0.15, 0.2) is 42.5 Å². The Hall–Kier alpha value is -1.22. The molecule has 0 spiro atoms. The standard InChI is InChI=1S/C14H13Cl2NO/c15-11-2-5-12(6-3-11)18-13-4-1-10(7-8-17)14(16)9-13/h1-6,9H,7-8,17H2. The van der Waals surface area contributed by atoms with Crippen molar-refractivity contribution in [2.24, 2.45) is 5.73 Å². The van der Waals surface area contributed by atoms with Crippen LogP contribution in [0.5, 0.6) is 11.5 Å². The minimum absolute atomic E-state index is 0.580. The predicted octanol–water partition coefficient (Wildman–Crippen LogP) is 4.29. The molecule has 0 heterocycles. The third kappa shape index (κ3) is 3.39. The molecule has 0 atom stereocenters. The Morgan fingerprint density at radius 2 is 1.61 bits per heavy atom. The lowest BCUT2D eigenvalue weighted by Gasteiger charge is -2.08. The Morgan fingerprint density at radius 1 is 0.944 bits per heavy atom. The Bertz CT molecular complexity index is 526. The van der Waals surface area contributed by atoms with E-state index in [1.807, 2.05) is 24.3 Å². The highest BCUT2D eigenvalue weighted by atomic mass is 35.5. The van der Waals surface area contributed by atoms with Gasteiger partial charge in [0.25, 0.3) is 0 Å². The first-order chi connectivity index (χ1) is 8.69. The van der Waals surface area contributed by atoms with Crippen LogP contribution in [0, 0.1) is 0 Å². The van der Waals surface area contributed by atoms with Crippen molar-refractivity contribution in [3.63, 3.8) is 0 Å². The van der Waals surface area contributed by atoms with E-state index >= 15 is 0 Å². The van der Waals surface area contributed by atoms with Crippen LogP contribution in [0.3, 0.4) is 0 Å². The molecule has 0 fully saturated rings. The van der Waals surface area contributed by atoms with Crippen molar-refractivity contribution in [1.82, 2.24) is 0 Å². The van der Waals surface area contributed by atoms with Crippen LogP contribution < -0.4 is 10.5 Å². The molecule has 0 radical (unpaired) electrons. The van der Waals surface area contributed by atoms with Gasteiger partial charge in [0.2, 0.25) is 0 Å². The quantitative estimate of drug-likeness (QED) is 0.908. The van der Waals surface area contributed by atoms with E-state index in [-0.39, 0.29) is 0 Å². The van der Waals surface area contributed by atoms with E-state index < -0.39 is 0 Å². The van der Waals surface area contributed by atoms with Gasteiger partial charge in [-0.25, -0.2) is 0 Å². The third-order valence-electron chi connectivity index (χ3n) is 2.49. The Balaban J connectivity index is 2.14. The van der Waals surface area contributed by atoms with Crippen molar-refractivity contribution >= 4 is 23.2 Å².